The van der Waals surface area contributed by atoms with Crippen molar-refractivity contribution in [2.24, 2.45) is 5.92 Å². The molecule has 3 aliphatic rings. The summed E-state index contributed by atoms with van der Waals surface area (Å²) in [5.41, 5.74) is 0.842. The summed E-state index contributed by atoms with van der Waals surface area (Å²) in [6, 6.07) is 4.63. The van der Waals surface area contributed by atoms with Crippen molar-refractivity contribution in [2.75, 3.05) is 38.1 Å². The zero-order chi connectivity index (χ0) is 18.4. The molecule has 5 rings (SSSR count). The fraction of sp³-hybridized carbons (Fsp3) is 0.684. The van der Waals surface area contributed by atoms with Crippen LogP contribution in [0, 0.1) is 5.92 Å². The molecule has 8 nitrogen and oxygen atoms in total. The SMILES string of the molecule is CN(CC1CCC(=O)NC1)C1CN(c2ccc3nnc(C4CCC4)n3n2)C1. The predicted molar refractivity (Wildman–Crippen MR) is 102 cm³/mol. The Labute approximate surface area is 158 Å². The topological polar surface area (TPSA) is 78.7 Å². The minimum atomic E-state index is 0.195. The normalized spacial score (nSPS) is 24.1. The van der Waals surface area contributed by atoms with Crippen LogP contribution < -0.4 is 10.2 Å². The molecule has 2 aromatic heterocycles. The van der Waals surface area contributed by atoms with Gasteiger partial charge >= 0.3 is 0 Å². The summed E-state index contributed by atoms with van der Waals surface area (Å²) in [4.78, 5) is 16.1. The molecule has 2 aromatic rings. The second-order valence-corrected chi connectivity index (χ2v) is 8.35. The molecule has 0 spiro atoms. The molecule has 1 N–H and O–H groups in total. The van der Waals surface area contributed by atoms with Crippen LogP contribution in [-0.2, 0) is 4.79 Å². The van der Waals surface area contributed by atoms with Gasteiger partial charge in [0.05, 0.1) is 0 Å². The first-order valence-electron chi connectivity index (χ1n) is 10.1. The van der Waals surface area contributed by atoms with E-state index in [2.05, 4.69) is 38.4 Å². The van der Waals surface area contributed by atoms with Crippen molar-refractivity contribution in [2.45, 2.75) is 44.1 Å². The number of nitrogens with zero attached hydrogens (tertiary/aromatic N) is 6. The summed E-state index contributed by atoms with van der Waals surface area (Å²) in [6.45, 7) is 3.85. The number of nitrogens with one attached hydrogen (secondary N) is 1. The Hall–Kier alpha value is -2.22. The van der Waals surface area contributed by atoms with Crippen LogP contribution in [0.25, 0.3) is 5.65 Å². The van der Waals surface area contributed by atoms with Gasteiger partial charge in [0.2, 0.25) is 5.91 Å². The summed E-state index contributed by atoms with van der Waals surface area (Å²) >= 11 is 0. The van der Waals surface area contributed by atoms with E-state index in [1.165, 1.54) is 19.3 Å². The maximum absolute atomic E-state index is 11.3. The number of anilines is 1. The van der Waals surface area contributed by atoms with Crippen LogP contribution in [0.2, 0.25) is 0 Å². The number of fused-ring (bicyclic) bond motifs is 1. The van der Waals surface area contributed by atoms with Gasteiger partial charge in [0.15, 0.2) is 11.5 Å². The zero-order valence-electron chi connectivity index (χ0n) is 15.8. The molecule has 2 saturated heterocycles. The molecule has 27 heavy (non-hydrogen) atoms. The maximum Gasteiger partial charge on any atom is 0.220 e. The van der Waals surface area contributed by atoms with Crippen molar-refractivity contribution >= 4 is 17.4 Å². The van der Waals surface area contributed by atoms with Gasteiger partial charge in [-0.25, -0.2) is 0 Å². The molecule has 1 saturated carbocycles. The van der Waals surface area contributed by atoms with Gasteiger partial charge in [-0.15, -0.1) is 15.3 Å². The molecule has 4 heterocycles. The average molecular weight is 369 g/mol. The molecule has 0 radical (unpaired) electrons. The van der Waals surface area contributed by atoms with Gasteiger partial charge in [-0.05, 0) is 44.4 Å². The first kappa shape index (κ1) is 16.9. The third-order valence-electron chi connectivity index (χ3n) is 6.47. The van der Waals surface area contributed by atoms with E-state index in [0.717, 1.165) is 49.9 Å². The number of rotatable bonds is 5. The molecule has 1 aliphatic carbocycles. The second-order valence-electron chi connectivity index (χ2n) is 8.35. The minimum Gasteiger partial charge on any atom is -0.356 e. The van der Waals surface area contributed by atoms with Crippen LogP contribution in [0.4, 0.5) is 5.82 Å². The van der Waals surface area contributed by atoms with Crippen molar-refractivity contribution < 1.29 is 4.79 Å². The molecule has 8 heteroatoms. The van der Waals surface area contributed by atoms with E-state index < -0.39 is 0 Å². The van der Waals surface area contributed by atoms with Crippen molar-refractivity contribution in [3.63, 3.8) is 0 Å². The Bertz CT molecular complexity index is 830. The number of hydrogen-bond acceptors (Lipinski definition) is 6. The van der Waals surface area contributed by atoms with Gasteiger partial charge in [-0.2, -0.15) is 4.52 Å². The van der Waals surface area contributed by atoms with E-state index in [-0.39, 0.29) is 5.91 Å². The summed E-state index contributed by atoms with van der Waals surface area (Å²) in [7, 11) is 2.20. The summed E-state index contributed by atoms with van der Waals surface area (Å²) in [5, 5.41) is 16.5. The van der Waals surface area contributed by atoms with E-state index in [9.17, 15) is 4.79 Å². The lowest BCUT2D eigenvalue weighted by molar-refractivity contribution is -0.123. The number of carbonyl (C=O) groups is 1. The van der Waals surface area contributed by atoms with Gasteiger partial charge in [0.1, 0.15) is 5.82 Å². The molecule has 1 unspecified atom stereocenters. The first-order chi connectivity index (χ1) is 13.2. The van der Waals surface area contributed by atoms with Crippen molar-refractivity contribution in [3.8, 4) is 0 Å². The van der Waals surface area contributed by atoms with Crippen LogP contribution >= 0.6 is 0 Å². The number of aromatic nitrogens is 4. The minimum absolute atomic E-state index is 0.195. The molecule has 1 atom stereocenters. The maximum atomic E-state index is 11.3. The Morgan fingerprint density at radius 2 is 2.07 bits per heavy atom. The third kappa shape index (κ3) is 3.16. The summed E-state index contributed by atoms with van der Waals surface area (Å²) < 4.78 is 1.95. The highest BCUT2D eigenvalue weighted by atomic mass is 16.1. The van der Waals surface area contributed by atoms with Crippen LogP contribution in [-0.4, -0.2) is 69.9 Å². The number of amides is 1. The lowest BCUT2D eigenvalue weighted by atomic mass is 9.85. The van der Waals surface area contributed by atoms with Gasteiger partial charge in [0, 0.05) is 44.6 Å². The van der Waals surface area contributed by atoms with Crippen LogP contribution in [0.3, 0.4) is 0 Å². The van der Waals surface area contributed by atoms with E-state index in [1.807, 2.05) is 10.6 Å². The van der Waals surface area contributed by atoms with Crippen LogP contribution in [0.15, 0.2) is 12.1 Å². The van der Waals surface area contributed by atoms with Crippen molar-refractivity contribution in [1.29, 1.82) is 0 Å². The molecule has 144 valence electrons. The Balaban J connectivity index is 1.20. The van der Waals surface area contributed by atoms with E-state index in [0.29, 0.717) is 24.3 Å². The van der Waals surface area contributed by atoms with E-state index >= 15 is 0 Å². The zero-order valence-corrected chi connectivity index (χ0v) is 15.8. The lowest BCUT2D eigenvalue weighted by Crippen LogP contribution is -2.60. The fourth-order valence-corrected chi connectivity index (χ4v) is 4.30. The highest BCUT2D eigenvalue weighted by molar-refractivity contribution is 5.76. The smallest absolute Gasteiger partial charge is 0.220 e. The molecular formula is C19H27N7O. The van der Waals surface area contributed by atoms with Gasteiger partial charge in [-0.1, -0.05) is 6.42 Å². The van der Waals surface area contributed by atoms with E-state index in [4.69, 9.17) is 5.10 Å². The standard InChI is InChI=1S/C19H27N7O/c1-24(10-13-5-8-18(27)20-9-13)15-11-25(12-15)17-7-6-16-21-22-19(26(16)23-17)14-3-2-4-14/h6-7,13-15H,2-5,8-12H2,1H3,(H,20,27). The number of hydrogen-bond donors (Lipinski definition) is 1. The van der Waals surface area contributed by atoms with Crippen LogP contribution in [0.5, 0.6) is 0 Å². The quantitative estimate of drug-likeness (QED) is 0.848. The molecule has 1 amide bonds. The first-order valence-corrected chi connectivity index (χ1v) is 10.1. The number of carbonyl (C=O) groups excluding carboxylic acids is 1. The molecule has 3 fully saturated rings. The molecule has 2 aliphatic heterocycles. The number of piperidine rings is 1. The molecule has 0 aromatic carbocycles. The average Bonchev–Trinajstić information content (AvgIpc) is 2.97. The second kappa shape index (κ2) is 6.74. The summed E-state index contributed by atoms with van der Waals surface area (Å²) in [6.07, 6.45) is 5.35. The Morgan fingerprint density at radius 3 is 2.78 bits per heavy atom. The van der Waals surface area contributed by atoms with Crippen LogP contribution in [0.1, 0.15) is 43.8 Å². The van der Waals surface area contributed by atoms with Gasteiger partial charge in [-0.3, -0.25) is 9.69 Å². The fourth-order valence-electron chi connectivity index (χ4n) is 4.30. The number of likely N-dealkylation sites (N-methyl/N-ethyl adjacent to an activating group) is 1. The van der Waals surface area contributed by atoms with Crippen molar-refractivity contribution in [3.05, 3.63) is 18.0 Å². The van der Waals surface area contributed by atoms with Gasteiger partial charge in [0.25, 0.3) is 0 Å². The monoisotopic (exact) mass is 369 g/mol. The molecule has 0 bridgehead atoms. The Morgan fingerprint density at radius 1 is 1.22 bits per heavy atom. The predicted octanol–water partition coefficient (Wildman–Crippen LogP) is 1.04. The third-order valence-corrected chi connectivity index (χ3v) is 6.47. The largest absolute Gasteiger partial charge is 0.356 e. The highest BCUT2D eigenvalue weighted by Gasteiger charge is 2.33. The lowest BCUT2D eigenvalue weighted by Gasteiger charge is -2.45. The van der Waals surface area contributed by atoms with Crippen molar-refractivity contribution in [1.82, 2.24) is 30.0 Å². The highest BCUT2D eigenvalue weighted by Crippen LogP contribution is 2.35. The molecular weight excluding hydrogens is 342 g/mol. The Kier molecular flexibility index (Phi) is 4.22. The summed E-state index contributed by atoms with van der Waals surface area (Å²) in [5.74, 6) is 3.32. The van der Waals surface area contributed by atoms with E-state index in [1.54, 1.807) is 0 Å². The van der Waals surface area contributed by atoms with Gasteiger partial charge < -0.3 is 10.2 Å².